The molecule has 0 saturated carbocycles. The molecule has 0 bridgehead atoms. The molecule has 1 fully saturated rings. The summed E-state index contributed by atoms with van der Waals surface area (Å²) in [5.41, 5.74) is 2.30. The summed E-state index contributed by atoms with van der Waals surface area (Å²) in [6, 6.07) is 10.5. The van der Waals surface area contributed by atoms with E-state index in [1.165, 1.54) is 5.56 Å². The summed E-state index contributed by atoms with van der Waals surface area (Å²) in [5.74, 6) is 1.12. The summed E-state index contributed by atoms with van der Waals surface area (Å²) in [5, 5.41) is 1.16. The third-order valence-electron chi connectivity index (χ3n) is 3.73. The second kappa shape index (κ2) is 4.90. The van der Waals surface area contributed by atoms with Crippen molar-refractivity contribution in [3.63, 3.8) is 0 Å². The van der Waals surface area contributed by atoms with Crippen molar-refractivity contribution in [2.24, 2.45) is 4.99 Å². The third-order valence-corrected chi connectivity index (χ3v) is 4.72. The molecule has 2 aliphatic rings. The van der Waals surface area contributed by atoms with Crippen LogP contribution in [0.1, 0.15) is 23.3 Å². The molecule has 5 heteroatoms. The van der Waals surface area contributed by atoms with Gasteiger partial charge in [-0.15, -0.1) is 0 Å². The van der Waals surface area contributed by atoms with Gasteiger partial charge in [-0.25, -0.2) is 0 Å². The number of nitrogens with zero attached hydrogens (tertiary/aromatic N) is 4. The van der Waals surface area contributed by atoms with Crippen molar-refractivity contribution in [3.8, 4) is 0 Å². The number of hydrogen-bond donors (Lipinski definition) is 0. The Balaban J connectivity index is 1.78. The van der Waals surface area contributed by atoms with Crippen LogP contribution in [0.2, 0.25) is 0 Å². The Morgan fingerprint density at radius 2 is 2.00 bits per heavy atom. The molecule has 20 heavy (non-hydrogen) atoms. The number of aromatic nitrogens is 2. The average Bonchev–Trinajstić information content (AvgIpc) is 3.09. The molecule has 0 radical (unpaired) electrons. The van der Waals surface area contributed by atoms with Gasteiger partial charge in [0.25, 0.3) is 0 Å². The highest BCUT2D eigenvalue weighted by molar-refractivity contribution is 8.14. The van der Waals surface area contributed by atoms with Crippen molar-refractivity contribution in [2.75, 3.05) is 12.3 Å². The zero-order chi connectivity index (χ0) is 13.4. The summed E-state index contributed by atoms with van der Waals surface area (Å²) in [4.78, 5) is 15.9. The second-order valence-electron chi connectivity index (χ2n) is 4.88. The number of pyridine rings is 2. The number of hydrogen-bond acceptors (Lipinski definition) is 5. The molecule has 0 unspecified atom stereocenters. The lowest BCUT2D eigenvalue weighted by atomic mass is 9.97. The first-order valence-electron chi connectivity index (χ1n) is 6.71. The Kier molecular flexibility index (Phi) is 2.92. The summed E-state index contributed by atoms with van der Waals surface area (Å²) in [6.45, 7) is 1.06. The number of thioether (sulfide) groups is 1. The predicted octanol–water partition coefficient (Wildman–Crippen LogP) is 2.68. The fourth-order valence-corrected chi connectivity index (χ4v) is 3.87. The second-order valence-corrected chi connectivity index (χ2v) is 5.94. The first-order valence-corrected chi connectivity index (χ1v) is 7.70. The quantitative estimate of drug-likeness (QED) is 0.849. The van der Waals surface area contributed by atoms with E-state index < -0.39 is 0 Å². The lowest BCUT2D eigenvalue weighted by Crippen LogP contribution is -2.27. The monoisotopic (exact) mass is 282 g/mol. The van der Waals surface area contributed by atoms with E-state index in [1.807, 2.05) is 42.5 Å². The Hall–Kier alpha value is -1.88. The van der Waals surface area contributed by atoms with Crippen LogP contribution in [0.3, 0.4) is 0 Å². The first-order chi connectivity index (χ1) is 9.93. The Morgan fingerprint density at radius 1 is 1.10 bits per heavy atom. The van der Waals surface area contributed by atoms with Crippen LogP contribution in [0.4, 0.5) is 0 Å². The lowest BCUT2D eigenvalue weighted by Gasteiger charge is -2.26. The van der Waals surface area contributed by atoms with Crippen LogP contribution < -0.4 is 0 Å². The van der Waals surface area contributed by atoms with Gasteiger partial charge in [0.1, 0.15) is 6.04 Å². The maximum absolute atomic E-state index is 4.90. The molecule has 0 aromatic carbocycles. The standard InChI is InChI=1S/C15H14N4S/c1-2-6-17-12(3-1)13-14(11-4-7-16-8-5-11)19-9-10-20-15(19)18-13/h1-8,13-14H,9-10H2/t13-,14-/m1/s1. The molecule has 0 N–H and O–H groups in total. The SMILES string of the molecule is c1ccc([C@H]2N=C3SCCN3[C@@H]2c2ccncc2)nc1. The highest BCUT2D eigenvalue weighted by Gasteiger charge is 2.41. The van der Waals surface area contributed by atoms with Crippen molar-refractivity contribution in [2.45, 2.75) is 12.1 Å². The summed E-state index contributed by atoms with van der Waals surface area (Å²) < 4.78 is 0. The van der Waals surface area contributed by atoms with Crippen molar-refractivity contribution < 1.29 is 0 Å². The van der Waals surface area contributed by atoms with Crippen LogP contribution in [0.15, 0.2) is 53.9 Å². The molecular formula is C15H14N4S. The van der Waals surface area contributed by atoms with E-state index in [1.54, 1.807) is 0 Å². The molecule has 4 rings (SSSR count). The van der Waals surface area contributed by atoms with Crippen LogP contribution in [0, 0.1) is 0 Å². The minimum absolute atomic E-state index is 0.0846. The molecule has 0 spiro atoms. The Morgan fingerprint density at radius 3 is 2.80 bits per heavy atom. The molecule has 4 nitrogen and oxygen atoms in total. The molecule has 0 aliphatic carbocycles. The van der Waals surface area contributed by atoms with E-state index >= 15 is 0 Å². The minimum Gasteiger partial charge on any atom is -0.341 e. The van der Waals surface area contributed by atoms with Gasteiger partial charge in [-0.3, -0.25) is 15.0 Å². The number of aliphatic imine (C=N–C) groups is 1. The first kappa shape index (κ1) is 11.9. The van der Waals surface area contributed by atoms with Crippen molar-refractivity contribution >= 4 is 16.9 Å². The van der Waals surface area contributed by atoms with E-state index in [0.717, 1.165) is 23.2 Å². The fourth-order valence-electron chi connectivity index (χ4n) is 2.85. The molecule has 1 saturated heterocycles. The van der Waals surface area contributed by atoms with Gasteiger partial charge >= 0.3 is 0 Å². The molecule has 2 aromatic rings. The Labute approximate surface area is 122 Å². The smallest absolute Gasteiger partial charge is 0.160 e. The highest BCUT2D eigenvalue weighted by Crippen LogP contribution is 2.45. The van der Waals surface area contributed by atoms with Crippen LogP contribution in [0.5, 0.6) is 0 Å². The highest BCUT2D eigenvalue weighted by atomic mass is 32.2. The molecule has 2 aromatic heterocycles. The van der Waals surface area contributed by atoms with Crippen molar-refractivity contribution in [1.82, 2.24) is 14.9 Å². The average molecular weight is 282 g/mol. The number of rotatable bonds is 2. The van der Waals surface area contributed by atoms with Crippen LogP contribution >= 0.6 is 11.8 Å². The fraction of sp³-hybridized carbons (Fsp3) is 0.267. The van der Waals surface area contributed by atoms with Gasteiger partial charge in [-0.1, -0.05) is 17.8 Å². The largest absolute Gasteiger partial charge is 0.341 e. The minimum atomic E-state index is 0.0846. The molecule has 2 aliphatic heterocycles. The normalized spacial score (nSPS) is 24.6. The van der Waals surface area contributed by atoms with Gasteiger partial charge in [0, 0.05) is 30.9 Å². The molecule has 2 atom stereocenters. The molecule has 4 heterocycles. The Bertz CT molecular complexity index is 629. The third kappa shape index (κ3) is 1.89. The number of fused-ring (bicyclic) bond motifs is 1. The zero-order valence-corrected chi connectivity index (χ0v) is 11.7. The predicted molar refractivity (Wildman–Crippen MR) is 80.6 cm³/mol. The lowest BCUT2D eigenvalue weighted by molar-refractivity contribution is 0.332. The summed E-state index contributed by atoms with van der Waals surface area (Å²) in [6.07, 6.45) is 5.55. The van der Waals surface area contributed by atoms with Gasteiger partial charge in [-0.05, 0) is 29.8 Å². The van der Waals surface area contributed by atoms with Gasteiger partial charge in [0.2, 0.25) is 0 Å². The maximum Gasteiger partial charge on any atom is 0.160 e. The van der Waals surface area contributed by atoms with Gasteiger partial charge < -0.3 is 4.90 Å². The van der Waals surface area contributed by atoms with Crippen LogP contribution in [-0.4, -0.2) is 32.3 Å². The van der Waals surface area contributed by atoms with Gasteiger partial charge in [0.15, 0.2) is 5.17 Å². The van der Waals surface area contributed by atoms with E-state index in [4.69, 9.17) is 4.99 Å². The maximum atomic E-state index is 4.90. The van der Waals surface area contributed by atoms with E-state index in [2.05, 4.69) is 33.1 Å². The van der Waals surface area contributed by atoms with Crippen molar-refractivity contribution in [1.29, 1.82) is 0 Å². The van der Waals surface area contributed by atoms with E-state index in [-0.39, 0.29) is 12.1 Å². The van der Waals surface area contributed by atoms with E-state index in [0.29, 0.717) is 0 Å². The topological polar surface area (TPSA) is 41.4 Å². The summed E-state index contributed by atoms with van der Waals surface area (Å²) >= 11 is 1.84. The van der Waals surface area contributed by atoms with Gasteiger partial charge in [-0.2, -0.15) is 0 Å². The van der Waals surface area contributed by atoms with E-state index in [9.17, 15) is 0 Å². The molecular weight excluding hydrogens is 268 g/mol. The molecule has 100 valence electrons. The number of amidine groups is 1. The molecule has 0 amide bonds. The zero-order valence-electron chi connectivity index (χ0n) is 10.9. The van der Waals surface area contributed by atoms with Gasteiger partial charge in [0.05, 0.1) is 11.7 Å². The van der Waals surface area contributed by atoms with Crippen LogP contribution in [-0.2, 0) is 0 Å². The van der Waals surface area contributed by atoms with Crippen LogP contribution in [0.25, 0.3) is 0 Å². The summed E-state index contributed by atoms with van der Waals surface area (Å²) in [7, 11) is 0. The van der Waals surface area contributed by atoms with Crippen molar-refractivity contribution in [3.05, 3.63) is 60.2 Å².